The molecule has 1 N–H and O–H groups in total. The number of rotatable bonds is 5. The minimum Gasteiger partial charge on any atom is -0.490 e. The van der Waals surface area contributed by atoms with Gasteiger partial charge in [0, 0.05) is 6.04 Å². The van der Waals surface area contributed by atoms with Crippen molar-refractivity contribution >= 4 is 0 Å². The normalized spacial score (nSPS) is 28.3. The molecule has 1 aromatic carbocycles. The van der Waals surface area contributed by atoms with Crippen molar-refractivity contribution in [2.24, 2.45) is 11.8 Å². The molecule has 0 saturated heterocycles. The summed E-state index contributed by atoms with van der Waals surface area (Å²) in [5, 5.41) is 3.52. The molecule has 2 heteroatoms. The monoisotopic (exact) mass is 259 g/mol. The number of hydrogen-bond acceptors (Lipinski definition) is 2. The van der Waals surface area contributed by atoms with Crippen molar-refractivity contribution in [2.75, 3.05) is 7.05 Å². The summed E-state index contributed by atoms with van der Waals surface area (Å²) in [6, 6.07) is 9.18. The standard InChI is InChI=1S/C17H25NO/c1-12-6-7-14(10-12)17(18-2)13-4-3-5-16(11-13)19-15-8-9-15/h3-5,11-12,14-15,17-18H,6-10H2,1-2H3. The summed E-state index contributed by atoms with van der Waals surface area (Å²) in [6.45, 7) is 2.37. The smallest absolute Gasteiger partial charge is 0.120 e. The van der Waals surface area contributed by atoms with Gasteiger partial charge in [-0.25, -0.2) is 0 Å². The van der Waals surface area contributed by atoms with Crippen molar-refractivity contribution in [2.45, 2.75) is 51.2 Å². The molecule has 0 aliphatic heterocycles. The summed E-state index contributed by atoms with van der Waals surface area (Å²) in [7, 11) is 2.09. The Hall–Kier alpha value is -1.02. The molecule has 0 spiro atoms. The molecule has 104 valence electrons. The molecule has 2 saturated carbocycles. The van der Waals surface area contributed by atoms with E-state index in [0.717, 1.165) is 17.6 Å². The van der Waals surface area contributed by atoms with Crippen LogP contribution < -0.4 is 10.1 Å². The summed E-state index contributed by atoms with van der Waals surface area (Å²) in [5.74, 6) is 2.70. The van der Waals surface area contributed by atoms with Gasteiger partial charge >= 0.3 is 0 Å². The average Bonchev–Trinajstić information content (AvgIpc) is 3.12. The third-order valence-corrected chi connectivity index (χ3v) is 4.56. The van der Waals surface area contributed by atoms with Crippen LogP contribution in [0, 0.1) is 11.8 Å². The van der Waals surface area contributed by atoms with E-state index in [0.29, 0.717) is 12.1 Å². The molecule has 2 aliphatic rings. The highest BCUT2D eigenvalue weighted by atomic mass is 16.5. The molecule has 2 aliphatic carbocycles. The number of hydrogen-bond donors (Lipinski definition) is 1. The second-order valence-corrected chi connectivity index (χ2v) is 6.33. The molecule has 3 atom stereocenters. The molecule has 0 bridgehead atoms. The van der Waals surface area contributed by atoms with E-state index in [4.69, 9.17) is 4.74 Å². The van der Waals surface area contributed by atoms with Crippen LogP contribution in [0.25, 0.3) is 0 Å². The lowest BCUT2D eigenvalue weighted by Gasteiger charge is -2.24. The van der Waals surface area contributed by atoms with Crippen LogP contribution in [-0.2, 0) is 0 Å². The number of benzene rings is 1. The summed E-state index contributed by atoms with van der Waals surface area (Å²) >= 11 is 0. The minimum atomic E-state index is 0.479. The van der Waals surface area contributed by atoms with Crippen LogP contribution >= 0.6 is 0 Å². The van der Waals surface area contributed by atoms with E-state index in [1.165, 1.54) is 37.7 Å². The lowest BCUT2D eigenvalue weighted by atomic mass is 9.91. The third-order valence-electron chi connectivity index (χ3n) is 4.56. The van der Waals surface area contributed by atoms with Gasteiger partial charge in [-0.3, -0.25) is 0 Å². The molecule has 19 heavy (non-hydrogen) atoms. The Morgan fingerprint density at radius 3 is 2.68 bits per heavy atom. The van der Waals surface area contributed by atoms with E-state index in [1.54, 1.807) is 0 Å². The SMILES string of the molecule is CNC(c1cccc(OC2CC2)c1)C1CCC(C)C1. The van der Waals surface area contributed by atoms with E-state index < -0.39 is 0 Å². The molecule has 0 radical (unpaired) electrons. The van der Waals surface area contributed by atoms with Crippen molar-refractivity contribution in [3.8, 4) is 5.75 Å². The highest BCUT2D eigenvalue weighted by Gasteiger charge is 2.29. The zero-order chi connectivity index (χ0) is 13.2. The van der Waals surface area contributed by atoms with E-state index in [1.807, 2.05) is 0 Å². The Labute approximate surface area is 116 Å². The van der Waals surface area contributed by atoms with Crippen LogP contribution in [0.5, 0.6) is 5.75 Å². The first kappa shape index (κ1) is 13.0. The van der Waals surface area contributed by atoms with Gasteiger partial charge in [0.1, 0.15) is 5.75 Å². The topological polar surface area (TPSA) is 21.3 Å². The molecule has 0 aromatic heterocycles. The maximum atomic E-state index is 5.92. The molecular weight excluding hydrogens is 234 g/mol. The van der Waals surface area contributed by atoms with Crippen molar-refractivity contribution in [3.63, 3.8) is 0 Å². The summed E-state index contributed by atoms with van der Waals surface area (Å²) < 4.78 is 5.92. The van der Waals surface area contributed by atoms with Gasteiger partial charge in [-0.2, -0.15) is 0 Å². The average molecular weight is 259 g/mol. The summed E-state index contributed by atoms with van der Waals surface area (Å²) in [4.78, 5) is 0. The van der Waals surface area contributed by atoms with Crippen LogP contribution in [0.2, 0.25) is 0 Å². The van der Waals surface area contributed by atoms with Crippen molar-refractivity contribution in [1.29, 1.82) is 0 Å². The maximum Gasteiger partial charge on any atom is 0.120 e. The molecular formula is C17H25NO. The van der Waals surface area contributed by atoms with Crippen LogP contribution in [0.15, 0.2) is 24.3 Å². The fourth-order valence-corrected chi connectivity index (χ4v) is 3.39. The largest absolute Gasteiger partial charge is 0.490 e. The van der Waals surface area contributed by atoms with Crippen molar-refractivity contribution in [1.82, 2.24) is 5.32 Å². The van der Waals surface area contributed by atoms with Gasteiger partial charge in [0.25, 0.3) is 0 Å². The first-order valence-corrected chi connectivity index (χ1v) is 7.70. The van der Waals surface area contributed by atoms with Gasteiger partial charge in [0.15, 0.2) is 0 Å². The predicted octanol–water partition coefficient (Wildman–Crippen LogP) is 3.92. The van der Waals surface area contributed by atoms with Crippen molar-refractivity contribution < 1.29 is 4.74 Å². The second kappa shape index (κ2) is 5.54. The zero-order valence-electron chi connectivity index (χ0n) is 12.1. The van der Waals surface area contributed by atoms with Crippen LogP contribution in [-0.4, -0.2) is 13.2 Å². The van der Waals surface area contributed by atoms with Gasteiger partial charge in [-0.1, -0.05) is 25.5 Å². The molecule has 2 nitrogen and oxygen atoms in total. The van der Waals surface area contributed by atoms with E-state index in [9.17, 15) is 0 Å². The third kappa shape index (κ3) is 3.11. The Morgan fingerprint density at radius 2 is 2.05 bits per heavy atom. The first-order valence-electron chi connectivity index (χ1n) is 7.70. The molecule has 2 fully saturated rings. The lowest BCUT2D eigenvalue weighted by molar-refractivity contribution is 0.301. The first-order chi connectivity index (χ1) is 9.26. The molecule has 1 aromatic rings. The molecule has 0 amide bonds. The Morgan fingerprint density at radius 1 is 1.21 bits per heavy atom. The summed E-state index contributed by atoms with van der Waals surface area (Å²) in [5.41, 5.74) is 1.39. The molecule has 0 heterocycles. The Kier molecular flexibility index (Phi) is 3.79. The maximum absolute atomic E-state index is 5.92. The fraction of sp³-hybridized carbons (Fsp3) is 0.647. The zero-order valence-corrected chi connectivity index (χ0v) is 12.1. The van der Waals surface area contributed by atoms with Crippen LogP contribution in [0.4, 0.5) is 0 Å². The summed E-state index contributed by atoms with van der Waals surface area (Å²) in [6.07, 6.45) is 7.00. The van der Waals surface area contributed by atoms with E-state index in [-0.39, 0.29) is 0 Å². The fourth-order valence-electron chi connectivity index (χ4n) is 3.39. The Bertz CT molecular complexity index is 427. The highest BCUT2D eigenvalue weighted by molar-refractivity contribution is 5.31. The van der Waals surface area contributed by atoms with E-state index in [2.05, 4.69) is 43.6 Å². The second-order valence-electron chi connectivity index (χ2n) is 6.33. The van der Waals surface area contributed by atoms with Gasteiger partial charge < -0.3 is 10.1 Å². The van der Waals surface area contributed by atoms with Crippen molar-refractivity contribution in [3.05, 3.63) is 29.8 Å². The number of nitrogens with one attached hydrogen (secondary N) is 1. The quantitative estimate of drug-likeness (QED) is 0.865. The molecule has 3 unspecified atom stereocenters. The Balaban J connectivity index is 1.74. The lowest BCUT2D eigenvalue weighted by Crippen LogP contribution is -2.23. The van der Waals surface area contributed by atoms with Crippen LogP contribution in [0.1, 0.15) is 50.6 Å². The predicted molar refractivity (Wildman–Crippen MR) is 78.4 cm³/mol. The minimum absolute atomic E-state index is 0.479. The number of ether oxygens (including phenoxy) is 1. The molecule has 3 rings (SSSR count). The van der Waals surface area contributed by atoms with Gasteiger partial charge in [0.05, 0.1) is 6.10 Å². The van der Waals surface area contributed by atoms with E-state index >= 15 is 0 Å². The van der Waals surface area contributed by atoms with Gasteiger partial charge in [-0.05, 0) is 62.3 Å². The van der Waals surface area contributed by atoms with Gasteiger partial charge in [-0.15, -0.1) is 0 Å². The van der Waals surface area contributed by atoms with Gasteiger partial charge in [0.2, 0.25) is 0 Å². The highest BCUT2D eigenvalue weighted by Crippen LogP contribution is 2.39. The van der Waals surface area contributed by atoms with Crippen LogP contribution in [0.3, 0.4) is 0 Å².